The van der Waals surface area contributed by atoms with Gasteiger partial charge in [-0.3, -0.25) is 0 Å². The van der Waals surface area contributed by atoms with Gasteiger partial charge in [-0.25, -0.2) is 0 Å². The van der Waals surface area contributed by atoms with Gasteiger partial charge in [0.15, 0.2) is 0 Å². The van der Waals surface area contributed by atoms with Crippen molar-refractivity contribution in [3.05, 3.63) is 0 Å². The van der Waals surface area contributed by atoms with Crippen molar-refractivity contribution in [1.82, 2.24) is 4.90 Å². The van der Waals surface area contributed by atoms with Crippen LogP contribution in [0.1, 0.15) is 33.6 Å². The highest BCUT2D eigenvalue weighted by Crippen LogP contribution is 2.29. The topological polar surface area (TPSA) is 3.24 Å². The maximum Gasteiger partial charge on any atom is 0.000728 e. The second-order valence-corrected chi connectivity index (χ2v) is 5.18. The van der Waals surface area contributed by atoms with Crippen molar-refractivity contribution in [2.24, 2.45) is 11.3 Å². The Hall–Kier alpha value is -0.0400. The molecular weight excluding hydrogens is 134 g/mol. The first kappa shape index (κ1) is 9.05. The van der Waals surface area contributed by atoms with E-state index in [9.17, 15) is 0 Å². The molecule has 0 unspecified atom stereocenters. The summed E-state index contributed by atoms with van der Waals surface area (Å²) in [5.74, 6) is 0.958. The molecule has 1 heteroatoms. The molecule has 1 fully saturated rings. The minimum atomic E-state index is 0.524. The molecule has 0 spiro atoms. The zero-order valence-corrected chi connectivity index (χ0v) is 8.35. The molecule has 1 aliphatic heterocycles. The van der Waals surface area contributed by atoms with Gasteiger partial charge < -0.3 is 4.90 Å². The Balaban J connectivity index is 2.29. The zero-order valence-electron chi connectivity index (χ0n) is 8.35. The standard InChI is InChI=1S/C10H21N/c1-10(2,3)7-9-5-6-11(4)8-9/h9H,5-8H2,1-4H3/t9-/m1/s1. The highest BCUT2D eigenvalue weighted by molar-refractivity contribution is 4.77. The van der Waals surface area contributed by atoms with Gasteiger partial charge in [0.1, 0.15) is 0 Å². The third-order valence-corrected chi connectivity index (χ3v) is 2.39. The van der Waals surface area contributed by atoms with Crippen molar-refractivity contribution in [2.75, 3.05) is 20.1 Å². The molecule has 0 N–H and O–H groups in total. The molecule has 0 amide bonds. The summed E-state index contributed by atoms with van der Waals surface area (Å²) in [6, 6.07) is 0. The van der Waals surface area contributed by atoms with Gasteiger partial charge in [-0.05, 0) is 37.8 Å². The molecule has 0 bridgehead atoms. The molecule has 66 valence electrons. The first-order valence-corrected chi connectivity index (χ1v) is 4.66. The molecule has 1 heterocycles. The van der Waals surface area contributed by atoms with E-state index in [1.165, 1.54) is 25.9 Å². The van der Waals surface area contributed by atoms with Gasteiger partial charge in [0.2, 0.25) is 0 Å². The molecule has 0 aromatic rings. The van der Waals surface area contributed by atoms with Crippen LogP contribution in [0.15, 0.2) is 0 Å². The fourth-order valence-electron chi connectivity index (χ4n) is 2.06. The van der Waals surface area contributed by atoms with E-state index in [2.05, 4.69) is 32.7 Å². The summed E-state index contributed by atoms with van der Waals surface area (Å²) in [6.07, 6.45) is 2.80. The van der Waals surface area contributed by atoms with Crippen molar-refractivity contribution >= 4 is 0 Å². The Morgan fingerprint density at radius 1 is 1.36 bits per heavy atom. The maximum atomic E-state index is 2.44. The van der Waals surface area contributed by atoms with E-state index in [-0.39, 0.29) is 0 Å². The van der Waals surface area contributed by atoms with Gasteiger partial charge in [0.25, 0.3) is 0 Å². The Morgan fingerprint density at radius 3 is 2.36 bits per heavy atom. The van der Waals surface area contributed by atoms with E-state index >= 15 is 0 Å². The summed E-state index contributed by atoms with van der Waals surface area (Å²) >= 11 is 0. The largest absolute Gasteiger partial charge is 0.306 e. The summed E-state index contributed by atoms with van der Waals surface area (Å²) in [5, 5.41) is 0. The highest BCUT2D eigenvalue weighted by atomic mass is 15.1. The quantitative estimate of drug-likeness (QED) is 0.562. The summed E-state index contributed by atoms with van der Waals surface area (Å²) in [7, 11) is 2.22. The first-order chi connectivity index (χ1) is 4.97. The minimum Gasteiger partial charge on any atom is -0.306 e. The lowest BCUT2D eigenvalue weighted by molar-refractivity contribution is 0.289. The summed E-state index contributed by atoms with van der Waals surface area (Å²) in [5.41, 5.74) is 0.524. The van der Waals surface area contributed by atoms with Crippen LogP contribution in [0, 0.1) is 11.3 Å². The van der Waals surface area contributed by atoms with Crippen molar-refractivity contribution in [2.45, 2.75) is 33.6 Å². The molecular formula is C10H21N. The van der Waals surface area contributed by atoms with Crippen molar-refractivity contribution < 1.29 is 0 Å². The lowest BCUT2D eigenvalue weighted by Crippen LogP contribution is -2.17. The summed E-state index contributed by atoms with van der Waals surface area (Å²) in [6.45, 7) is 9.64. The fourth-order valence-corrected chi connectivity index (χ4v) is 2.06. The summed E-state index contributed by atoms with van der Waals surface area (Å²) in [4.78, 5) is 2.44. The highest BCUT2D eigenvalue weighted by Gasteiger charge is 2.24. The molecule has 1 nitrogen and oxygen atoms in total. The van der Waals surface area contributed by atoms with Crippen LogP contribution in [0.4, 0.5) is 0 Å². The van der Waals surface area contributed by atoms with Gasteiger partial charge in [0.05, 0.1) is 0 Å². The normalized spacial score (nSPS) is 27.8. The monoisotopic (exact) mass is 155 g/mol. The van der Waals surface area contributed by atoms with E-state index < -0.39 is 0 Å². The number of hydrogen-bond acceptors (Lipinski definition) is 1. The van der Waals surface area contributed by atoms with Crippen molar-refractivity contribution in [1.29, 1.82) is 0 Å². The van der Waals surface area contributed by atoms with Crippen LogP contribution in [0.5, 0.6) is 0 Å². The molecule has 0 aromatic carbocycles. The molecule has 1 aliphatic rings. The van der Waals surface area contributed by atoms with Gasteiger partial charge >= 0.3 is 0 Å². The number of hydrogen-bond donors (Lipinski definition) is 0. The Kier molecular flexibility index (Phi) is 2.58. The zero-order chi connectivity index (χ0) is 8.48. The number of nitrogens with zero attached hydrogens (tertiary/aromatic N) is 1. The van der Waals surface area contributed by atoms with E-state index in [0.29, 0.717) is 5.41 Å². The average Bonchev–Trinajstić information content (AvgIpc) is 2.10. The second kappa shape index (κ2) is 3.14. The fraction of sp³-hybridized carbons (Fsp3) is 1.00. The predicted octanol–water partition coefficient (Wildman–Crippen LogP) is 2.37. The Morgan fingerprint density at radius 2 is 2.00 bits per heavy atom. The predicted molar refractivity (Wildman–Crippen MR) is 49.7 cm³/mol. The minimum absolute atomic E-state index is 0.524. The third-order valence-electron chi connectivity index (χ3n) is 2.39. The molecule has 0 aliphatic carbocycles. The summed E-state index contributed by atoms with van der Waals surface area (Å²) < 4.78 is 0. The lowest BCUT2D eigenvalue weighted by Gasteiger charge is -2.22. The number of rotatable bonds is 1. The SMILES string of the molecule is CN1CC[C@H](CC(C)(C)C)C1. The second-order valence-electron chi connectivity index (χ2n) is 5.18. The molecule has 0 radical (unpaired) electrons. The van der Waals surface area contributed by atoms with Crippen LogP contribution >= 0.6 is 0 Å². The van der Waals surface area contributed by atoms with Gasteiger partial charge in [-0.15, -0.1) is 0 Å². The molecule has 11 heavy (non-hydrogen) atoms. The molecule has 1 atom stereocenters. The maximum absolute atomic E-state index is 2.44. The Labute approximate surface area is 70.8 Å². The van der Waals surface area contributed by atoms with E-state index in [4.69, 9.17) is 0 Å². The first-order valence-electron chi connectivity index (χ1n) is 4.66. The van der Waals surface area contributed by atoms with E-state index in [1.807, 2.05) is 0 Å². The molecule has 0 saturated carbocycles. The van der Waals surface area contributed by atoms with Crippen LogP contribution < -0.4 is 0 Å². The van der Waals surface area contributed by atoms with Gasteiger partial charge in [0, 0.05) is 6.54 Å². The van der Waals surface area contributed by atoms with Gasteiger partial charge in [-0.1, -0.05) is 20.8 Å². The van der Waals surface area contributed by atoms with E-state index in [1.54, 1.807) is 0 Å². The molecule has 0 aromatic heterocycles. The van der Waals surface area contributed by atoms with Crippen LogP contribution in [0.3, 0.4) is 0 Å². The average molecular weight is 155 g/mol. The van der Waals surface area contributed by atoms with Crippen molar-refractivity contribution in [3.63, 3.8) is 0 Å². The molecule has 1 rings (SSSR count). The lowest BCUT2D eigenvalue weighted by atomic mass is 9.84. The van der Waals surface area contributed by atoms with Crippen LogP contribution in [-0.4, -0.2) is 25.0 Å². The van der Waals surface area contributed by atoms with Crippen LogP contribution in [0.2, 0.25) is 0 Å². The van der Waals surface area contributed by atoms with Crippen molar-refractivity contribution in [3.8, 4) is 0 Å². The third kappa shape index (κ3) is 3.24. The Bertz CT molecular complexity index is 123. The number of likely N-dealkylation sites (tertiary alicyclic amines) is 1. The van der Waals surface area contributed by atoms with Crippen LogP contribution in [0.25, 0.3) is 0 Å². The van der Waals surface area contributed by atoms with E-state index in [0.717, 1.165) is 5.92 Å². The van der Waals surface area contributed by atoms with Gasteiger partial charge in [-0.2, -0.15) is 0 Å². The van der Waals surface area contributed by atoms with Crippen LogP contribution in [-0.2, 0) is 0 Å². The molecule has 1 saturated heterocycles. The smallest absolute Gasteiger partial charge is 0.000728 e.